The molecule has 1 aromatic carbocycles. The maximum Gasteiger partial charge on any atom is 0.308 e. The van der Waals surface area contributed by atoms with Gasteiger partial charge >= 0.3 is 5.97 Å². The van der Waals surface area contributed by atoms with Gasteiger partial charge in [0.15, 0.2) is 0 Å². The van der Waals surface area contributed by atoms with E-state index in [2.05, 4.69) is 15.8 Å². The Morgan fingerprint density at radius 3 is 2.61 bits per heavy atom. The van der Waals surface area contributed by atoms with Crippen LogP contribution in [0.4, 0.5) is 0 Å². The number of carbonyl (C=O) groups excluding carboxylic acids is 1. The van der Waals surface area contributed by atoms with Crippen molar-refractivity contribution in [3.63, 3.8) is 0 Å². The van der Waals surface area contributed by atoms with Crippen LogP contribution in [0.5, 0.6) is 5.75 Å². The standard InChI is InChI=1S/C15H17O2P/c1-4-8-15(18)12(5-2)13-9-6-7-10-14(13)17-11(3)16/h4-10H,1,18H2,2-3H3/b12-5-,15-8+. The van der Waals surface area contributed by atoms with Crippen molar-refractivity contribution in [2.45, 2.75) is 13.8 Å². The number of benzene rings is 1. The highest BCUT2D eigenvalue weighted by Gasteiger charge is 2.10. The Morgan fingerprint density at radius 1 is 1.39 bits per heavy atom. The molecule has 1 unspecified atom stereocenters. The number of hydrogen-bond donors (Lipinski definition) is 0. The SMILES string of the molecule is C=C/C=C(P)\C(=C/C)c1ccccc1OC(C)=O. The van der Waals surface area contributed by atoms with E-state index >= 15 is 0 Å². The van der Waals surface area contributed by atoms with E-state index in [1.54, 1.807) is 12.1 Å². The fourth-order valence-corrected chi connectivity index (χ4v) is 2.09. The lowest BCUT2D eigenvalue weighted by Gasteiger charge is -2.12. The Hall–Kier alpha value is -1.66. The summed E-state index contributed by atoms with van der Waals surface area (Å²) in [6.45, 7) is 7.02. The largest absolute Gasteiger partial charge is 0.426 e. The lowest BCUT2D eigenvalue weighted by molar-refractivity contribution is -0.131. The maximum absolute atomic E-state index is 11.1. The number of allylic oxidation sites excluding steroid dienone is 5. The Morgan fingerprint density at radius 2 is 2.06 bits per heavy atom. The first-order chi connectivity index (χ1) is 8.60. The van der Waals surface area contributed by atoms with Gasteiger partial charge in [-0.15, -0.1) is 9.24 Å². The number of rotatable bonds is 4. The van der Waals surface area contributed by atoms with Crippen molar-refractivity contribution >= 4 is 20.8 Å². The minimum absolute atomic E-state index is 0.323. The predicted octanol–water partition coefficient (Wildman–Crippen LogP) is 3.96. The molecule has 0 radical (unpaired) electrons. The van der Waals surface area contributed by atoms with Crippen LogP contribution in [0.2, 0.25) is 0 Å². The third kappa shape index (κ3) is 3.68. The number of carbonyl (C=O) groups is 1. The average molecular weight is 260 g/mol. The Balaban J connectivity index is 3.26. The molecule has 2 nitrogen and oxygen atoms in total. The molecule has 0 aromatic heterocycles. The summed E-state index contributed by atoms with van der Waals surface area (Å²) in [6, 6.07) is 7.47. The van der Waals surface area contributed by atoms with Crippen LogP contribution in [-0.4, -0.2) is 5.97 Å². The molecule has 0 saturated carbocycles. The Bertz CT molecular complexity index is 513. The van der Waals surface area contributed by atoms with Crippen molar-refractivity contribution < 1.29 is 9.53 Å². The summed E-state index contributed by atoms with van der Waals surface area (Å²) in [7, 11) is 2.66. The molecule has 0 aliphatic rings. The van der Waals surface area contributed by atoms with Crippen molar-refractivity contribution in [3.8, 4) is 5.75 Å². The summed E-state index contributed by atoms with van der Waals surface area (Å²) < 4.78 is 5.21. The molecule has 0 N–H and O–H groups in total. The molecule has 0 amide bonds. The van der Waals surface area contributed by atoms with Crippen LogP contribution in [0.25, 0.3) is 5.57 Å². The second-order valence-electron chi connectivity index (χ2n) is 3.65. The summed E-state index contributed by atoms with van der Waals surface area (Å²) in [4.78, 5) is 11.1. The highest BCUT2D eigenvalue weighted by molar-refractivity contribution is 7.24. The van der Waals surface area contributed by atoms with E-state index < -0.39 is 0 Å². The van der Waals surface area contributed by atoms with Gasteiger partial charge in [0.05, 0.1) is 0 Å². The van der Waals surface area contributed by atoms with E-state index in [0.29, 0.717) is 5.75 Å². The van der Waals surface area contributed by atoms with Crippen LogP contribution in [0, 0.1) is 0 Å². The summed E-state index contributed by atoms with van der Waals surface area (Å²) >= 11 is 0. The molecule has 0 spiro atoms. The minimum atomic E-state index is -0.323. The lowest BCUT2D eigenvalue weighted by Crippen LogP contribution is -2.03. The normalized spacial score (nSPS) is 12.2. The topological polar surface area (TPSA) is 26.3 Å². The first kappa shape index (κ1) is 14.4. The summed E-state index contributed by atoms with van der Waals surface area (Å²) in [5.41, 5.74) is 1.88. The molecule has 0 fully saturated rings. The zero-order chi connectivity index (χ0) is 13.5. The first-order valence-corrected chi connectivity index (χ1v) is 6.20. The van der Waals surface area contributed by atoms with E-state index in [0.717, 1.165) is 16.5 Å². The van der Waals surface area contributed by atoms with Gasteiger partial charge in [0.2, 0.25) is 0 Å². The van der Waals surface area contributed by atoms with Crippen LogP contribution in [0.1, 0.15) is 19.4 Å². The van der Waals surface area contributed by atoms with Crippen LogP contribution < -0.4 is 4.74 Å². The summed E-state index contributed by atoms with van der Waals surface area (Å²) in [5.74, 6) is 0.242. The molecule has 1 atom stereocenters. The molecule has 18 heavy (non-hydrogen) atoms. The van der Waals surface area contributed by atoms with E-state index in [1.807, 2.05) is 37.3 Å². The maximum atomic E-state index is 11.1. The van der Waals surface area contributed by atoms with Gasteiger partial charge < -0.3 is 4.74 Å². The fourth-order valence-electron chi connectivity index (χ4n) is 1.63. The highest BCUT2D eigenvalue weighted by Crippen LogP contribution is 2.33. The molecular weight excluding hydrogens is 243 g/mol. The summed E-state index contributed by atoms with van der Waals surface area (Å²) in [5, 5.41) is 0.993. The van der Waals surface area contributed by atoms with Crippen LogP contribution in [-0.2, 0) is 4.79 Å². The molecule has 0 saturated heterocycles. The monoisotopic (exact) mass is 260 g/mol. The zero-order valence-corrected chi connectivity index (χ0v) is 11.8. The van der Waals surface area contributed by atoms with E-state index in [1.165, 1.54) is 6.92 Å². The van der Waals surface area contributed by atoms with Gasteiger partial charge in [-0.2, -0.15) is 0 Å². The zero-order valence-electron chi connectivity index (χ0n) is 10.6. The molecule has 3 heteroatoms. The molecule has 1 aromatic rings. The lowest BCUT2D eigenvalue weighted by atomic mass is 10.0. The third-order valence-corrected chi connectivity index (χ3v) is 2.83. The van der Waals surface area contributed by atoms with Gasteiger partial charge in [0, 0.05) is 12.5 Å². The van der Waals surface area contributed by atoms with Crippen molar-refractivity contribution in [1.82, 2.24) is 0 Å². The van der Waals surface area contributed by atoms with Gasteiger partial charge in [0.1, 0.15) is 5.75 Å². The van der Waals surface area contributed by atoms with E-state index in [9.17, 15) is 4.79 Å². The Kier molecular flexibility index (Phi) is 5.54. The van der Waals surface area contributed by atoms with E-state index in [-0.39, 0.29) is 5.97 Å². The third-order valence-electron chi connectivity index (χ3n) is 2.33. The Labute approximate surface area is 110 Å². The van der Waals surface area contributed by atoms with Gasteiger partial charge in [-0.25, -0.2) is 0 Å². The number of hydrogen-bond acceptors (Lipinski definition) is 2. The number of para-hydroxylation sites is 1. The second-order valence-corrected chi connectivity index (χ2v) is 4.27. The van der Waals surface area contributed by atoms with E-state index in [4.69, 9.17) is 4.74 Å². The molecule has 1 rings (SSSR count). The van der Waals surface area contributed by atoms with Gasteiger partial charge in [-0.05, 0) is 23.9 Å². The van der Waals surface area contributed by atoms with Crippen LogP contribution in [0.15, 0.2) is 54.4 Å². The first-order valence-electron chi connectivity index (χ1n) is 5.62. The van der Waals surface area contributed by atoms with Gasteiger partial charge in [0.25, 0.3) is 0 Å². The van der Waals surface area contributed by atoms with Crippen molar-refractivity contribution in [1.29, 1.82) is 0 Å². The van der Waals surface area contributed by atoms with Crippen molar-refractivity contribution in [2.24, 2.45) is 0 Å². The van der Waals surface area contributed by atoms with Gasteiger partial charge in [-0.3, -0.25) is 4.79 Å². The minimum Gasteiger partial charge on any atom is -0.426 e. The quantitative estimate of drug-likeness (QED) is 0.354. The average Bonchev–Trinajstić information content (AvgIpc) is 2.32. The van der Waals surface area contributed by atoms with Crippen molar-refractivity contribution in [2.75, 3.05) is 0 Å². The molecule has 0 bridgehead atoms. The summed E-state index contributed by atoms with van der Waals surface area (Å²) in [6.07, 6.45) is 5.59. The van der Waals surface area contributed by atoms with Crippen LogP contribution >= 0.6 is 9.24 Å². The predicted molar refractivity (Wildman–Crippen MR) is 79.4 cm³/mol. The molecule has 94 valence electrons. The van der Waals surface area contributed by atoms with Crippen LogP contribution in [0.3, 0.4) is 0 Å². The molecule has 0 aliphatic carbocycles. The molecule has 0 aliphatic heterocycles. The van der Waals surface area contributed by atoms with Gasteiger partial charge in [-0.1, -0.05) is 43.0 Å². The molecule has 0 heterocycles. The fraction of sp³-hybridized carbons (Fsp3) is 0.133. The second kappa shape index (κ2) is 6.93. The molecular formula is C15H17O2P. The smallest absolute Gasteiger partial charge is 0.308 e. The van der Waals surface area contributed by atoms with Crippen molar-refractivity contribution in [3.05, 3.63) is 60.0 Å². The number of esters is 1. The number of ether oxygens (including phenoxy) is 1. The highest BCUT2D eigenvalue weighted by atomic mass is 31.0.